The summed E-state index contributed by atoms with van der Waals surface area (Å²) in [6.45, 7) is 2.44. The molecule has 0 aliphatic heterocycles. The van der Waals surface area contributed by atoms with E-state index < -0.39 is 22.3 Å². The number of amidine groups is 1. The van der Waals surface area contributed by atoms with Crippen LogP contribution in [0, 0.1) is 12.3 Å². The topological polar surface area (TPSA) is 142 Å². The minimum atomic E-state index is -4.64. The van der Waals surface area contributed by atoms with Crippen molar-refractivity contribution < 1.29 is 31.2 Å². The standard InChI is InChI=1S/C29H30N4O3S3.C2HF3O/c1-19-9-6-15-23(33-29(34)32-16-8-12-20-10-4-3-5-11-20)26(19)21-13-7-14-22(17-21)39(35,36)25-18-24(27(30)31)38-28(25)37-2;3-2(4,5)1-6/h3-7,9-11,13-15,17-18H,8,12,16H2,1-2H3,(H3,30,31)(H2,32,33,34);1H. The number of anilines is 1. The summed E-state index contributed by atoms with van der Waals surface area (Å²) in [6, 6.07) is 23.5. The number of nitrogens with one attached hydrogen (secondary N) is 3. The minimum Gasteiger partial charge on any atom is -0.383 e. The van der Waals surface area contributed by atoms with Gasteiger partial charge in [-0.25, -0.2) is 13.2 Å². The average Bonchev–Trinajstić information content (AvgIpc) is 3.46. The number of halogens is 3. The number of benzene rings is 3. The first-order valence-corrected chi connectivity index (χ1v) is 16.9. The van der Waals surface area contributed by atoms with Crippen molar-refractivity contribution in [3.63, 3.8) is 0 Å². The molecular weight excluding hydrogens is 646 g/mol. The van der Waals surface area contributed by atoms with Crippen molar-refractivity contribution in [1.29, 1.82) is 5.41 Å². The fourth-order valence-corrected chi connectivity index (χ4v) is 8.13. The van der Waals surface area contributed by atoms with Crippen molar-refractivity contribution in [1.82, 2.24) is 5.32 Å². The average molecular weight is 677 g/mol. The first-order valence-electron chi connectivity index (χ1n) is 13.4. The summed E-state index contributed by atoms with van der Waals surface area (Å²) < 4.78 is 59.1. The molecule has 0 aliphatic carbocycles. The maximum Gasteiger partial charge on any atom is 0.446 e. The Hall–Kier alpha value is -4.14. The smallest absolute Gasteiger partial charge is 0.383 e. The Balaban J connectivity index is 0.000000838. The second-order valence-electron chi connectivity index (χ2n) is 9.54. The van der Waals surface area contributed by atoms with E-state index in [1.807, 2.05) is 43.3 Å². The molecule has 0 fully saturated rings. The first-order chi connectivity index (χ1) is 21.3. The molecule has 1 heterocycles. The Labute approximate surface area is 267 Å². The molecule has 4 aromatic rings. The highest BCUT2D eigenvalue weighted by atomic mass is 32.2. The van der Waals surface area contributed by atoms with Gasteiger partial charge in [-0.1, -0.05) is 54.6 Å². The van der Waals surface area contributed by atoms with Gasteiger partial charge in [-0.3, -0.25) is 10.2 Å². The number of nitrogen functional groups attached to an aromatic ring is 1. The van der Waals surface area contributed by atoms with E-state index in [1.54, 1.807) is 30.5 Å². The Morgan fingerprint density at radius 1 is 1.04 bits per heavy atom. The highest BCUT2D eigenvalue weighted by Gasteiger charge is 2.26. The van der Waals surface area contributed by atoms with E-state index in [4.69, 9.17) is 15.9 Å². The van der Waals surface area contributed by atoms with Crippen LogP contribution in [0.25, 0.3) is 11.1 Å². The van der Waals surface area contributed by atoms with Gasteiger partial charge in [0.2, 0.25) is 16.1 Å². The fraction of sp³-hybridized carbons (Fsp3) is 0.194. The number of aldehydes is 1. The summed E-state index contributed by atoms with van der Waals surface area (Å²) in [7, 11) is -3.87. The van der Waals surface area contributed by atoms with Crippen LogP contribution in [0.4, 0.5) is 23.7 Å². The van der Waals surface area contributed by atoms with Crippen LogP contribution in [0.5, 0.6) is 0 Å². The number of sulfone groups is 1. The number of thioether (sulfide) groups is 1. The number of nitrogens with two attached hydrogens (primary N) is 1. The second kappa shape index (κ2) is 15.7. The third kappa shape index (κ3) is 9.93. The normalized spacial score (nSPS) is 11.2. The van der Waals surface area contributed by atoms with Crippen LogP contribution >= 0.6 is 23.1 Å². The van der Waals surface area contributed by atoms with Crippen LogP contribution in [0.1, 0.15) is 22.4 Å². The molecule has 0 spiro atoms. The van der Waals surface area contributed by atoms with Crippen molar-refractivity contribution in [2.75, 3.05) is 18.1 Å². The Kier molecular flexibility index (Phi) is 12.4. The molecule has 3 aromatic carbocycles. The van der Waals surface area contributed by atoms with E-state index in [-0.39, 0.29) is 21.7 Å². The molecule has 45 heavy (non-hydrogen) atoms. The van der Waals surface area contributed by atoms with Gasteiger partial charge in [-0.05, 0) is 67.0 Å². The summed E-state index contributed by atoms with van der Waals surface area (Å²) in [5, 5.41) is 13.6. The molecule has 8 nitrogen and oxygen atoms in total. The van der Waals surface area contributed by atoms with Gasteiger partial charge in [-0.2, -0.15) is 13.2 Å². The van der Waals surface area contributed by atoms with Gasteiger partial charge in [0.05, 0.1) is 24.6 Å². The maximum atomic E-state index is 13.6. The zero-order valence-corrected chi connectivity index (χ0v) is 26.7. The SMILES string of the molecule is CSc1sc(C(=N)N)cc1S(=O)(=O)c1cccc(-c2c(C)cccc2NC(=O)NCCCc2ccccc2)c1.O=CC(F)(F)F. The summed E-state index contributed by atoms with van der Waals surface area (Å²) >= 11 is 2.49. The lowest BCUT2D eigenvalue weighted by Crippen LogP contribution is -2.30. The molecule has 2 amide bonds. The summed E-state index contributed by atoms with van der Waals surface area (Å²) in [6.07, 6.45) is -2.23. The van der Waals surface area contributed by atoms with Crippen molar-refractivity contribution in [3.05, 3.63) is 94.9 Å². The van der Waals surface area contributed by atoms with Crippen molar-refractivity contribution >= 4 is 56.8 Å². The van der Waals surface area contributed by atoms with Crippen LogP contribution < -0.4 is 16.4 Å². The lowest BCUT2D eigenvalue weighted by molar-refractivity contribution is -0.156. The van der Waals surface area contributed by atoms with E-state index in [0.29, 0.717) is 26.9 Å². The molecule has 0 saturated heterocycles. The molecule has 0 bridgehead atoms. The van der Waals surface area contributed by atoms with Gasteiger partial charge in [-0.15, -0.1) is 23.1 Å². The number of rotatable bonds is 10. The van der Waals surface area contributed by atoms with E-state index in [1.165, 1.54) is 34.7 Å². The van der Waals surface area contributed by atoms with Gasteiger partial charge < -0.3 is 16.4 Å². The Morgan fingerprint density at radius 2 is 1.71 bits per heavy atom. The Morgan fingerprint density at radius 3 is 2.33 bits per heavy atom. The second-order valence-corrected chi connectivity index (χ2v) is 13.6. The van der Waals surface area contributed by atoms with Crippen molar-refractivity contribution in [3.8, 4) is 11.1 Å². The van der Waals surface area contributed by atoms with Crippen LogP contribution in [0.2, 0.25) is 0 Å². The van der Waals surface area contributed by atoms with E-state index in [0.717, 1.165) is 24.0 Å². The minimum absolute atomic E-state index is 0.128. The number of amides is 2. The number of hydrogen-bond acceptors (Lipinski definition) is 7. The fourth-order valence-electron chi connectivity index (χ4n) is 4.23. The van der Waals surface area contributed by atoms with E-state index in [9.17, 15) is 26.4 Å². The predicted molar refractivity (Wildman–Crippen MR) is 173 cm³/mol. The molecule has 0 saturated carbocycles. The molecular formula is C31H31F3N4O4S3. The number of carbonyl (C=O) groups is 2. The molecule has 238 valence electrons. The van der Waals surface area contributed by atoms with Crippen molar-refractivity contribution in [2.24, 2.45) is 5.73 Å². The number of thiophene rings is 1. The number of urea groups is 1. The molecule has 0 unspecified atom stereocenters. The number of carbonyl (C=O) groups excluding carboxylic acids is 2. The van der Waals surface area contributed by atoms with E-state index >= 15 is 0 Å². The number of hydrogen-bond donors (Lipinski definition) is 4. The van der Waals surface area contributed by atoms with Gasteiger partial charge in [0.25, 0.3) is 0 Å². The Bertz CT molecular complexity index is 1760. The first kappa shape index (κ1) is 35.3. The molecule has 0 aliphatic rings. The molecule has 0 radical (unpaired) electrons. The van der Waals surface area contributed by atoms with Gasteiger partial charge in [0.15, 0.2) is 0 Å². The summed E-state index contributed by atoms with van der Waals surface area (Å²) in [4.78, 5) is 22.1. The monoisotopic (exact) mass is 676 g/mol. The zero-order chi connectivity index (χ0) is 33.2. The molecule has 0 atom stereocenters. The highest BCUT2D eigenvalue weighted by Crippen LogP contribution is 2.38. The lowest BCUT2D eigenvalue weighted by atomic mass is 9.98. The van der Waals surface area contributed by atoms with Gasteiger partial charge >= 0.3 is 12.2 Å². The van der Waals surface area contributed by atoms with Crippen LogP contribution in [0.3, 0.4) is 0 Å². The third-order valence-corrected chi connectivity index (χ3v) is 10.6. The van der Waals surface area contributed by atoms with Crippen LogP contribution in [0.15, 0.2) is 92.9 Å². The van der Waals surface area contributed by atoms with Gasteiger partial charge in [0, 0.05) is 12.1 Å². The van der Waals surface area contributed by atoms with Crippen molar-refractivity contribution in [2.45, 2.75) is 39.9 Å². The summed E-state index contributed by atoms with van der Waals surface area (Å²) in [5.41, 5.74) is 9.74. The van der Waals surface area contributed by atoms with E-state index in [2.05, 4.69) is 22.8 Å². The van der Waals surface area contributed by atoms with Crippen LogP contribution in [-0.4, -0.2) is 45.5 Å². The third-order valence-electron chi connectivity index (χ3n) is 6.26. The molecule has 5 N–H and O–H groups in total. The number of alkyl halides is 3. The lowest BCUT2D eigenvalue weighted by Gasteiger charge is -2.16. The molecule has 14 heteroatoms. The number of aryl methyl sites for hydroxylation is 2. The highest BCUT2D eigenvalue weighted by molar-refractivity contribution is 8.01. The largest absolute Gasteiger partial charge is 0.446 e. The predicted octanol–water partition coefficient (Wildman–Crippen LogP) is 7.06. The quantitative estimate of drug-likeness (QED) is 0.0466. The maximum absolute atomic E-state index is 13.6. The molecule has 4 rings (SSSR count). The summed E-state index contributed by atoms with van der Waals surface area (Å²) in [5.74, 6) is -0.167. The zero-order valence-electron chi connectivity index (χ0n) is 24.3. The van der Waals surface area contributed by atoms with Gasteiger partial charge in [0.1, 0.15) is 5.84 Å². The molecule has 1 aromatic heterocycles. The van der Waals surface area contributed by atoms with Crippen LogP contribution in [-0.2, 0) is 21.1 Å².